The summed E-state index contributed by atoms with van der Waals surface area (Å²) in [7, 11) is 0. The number of carboxylic acid groups (broad SMARTS) is 1. The second-order valence-electron chi connectivity index (χ2n) is 3.94. The molecule has 2 rings (SSSR count). The van der Waals surface area contributed by atoms with E-state index in [1.54, 1.807) is 25.3 Å². The second kappa shape index (κ2) is 4.66. The summed E-state index contributed by atoms with van der Waals surface area (Å²) >= 11 is 7.40. The van der Waals surface area contributed by atoms with Gasteiger partial charge in [-0.3, -0.25) is 0 Å². The average Bonchev–Trinajstić information content (AvgIpc) is 2.95. The lowest BCUT2D eigenvalue weighted by molar-refractivity contribution is -0.147. The highest BCUT2D eigenvalue weighted by Crippen LogP contribution is 2.34. The molecule has 2 aromatic heterocycles. The number of aromatic nitrogens is 4. The van der Waals surface area contributed by atoms with E-state index >= 15 is 0 Å². The molecule has 0 aliphatic heterocycles. The third kappa shape index (κ3) is 1.89. The highest BCUT2D eigenvalue weighted by Gasteiger charge is 2.37. The van der Waals surface area contributed by atoms with Crippen LogP contribution in [0.15, 0.2) is 11.4 Å². The number of nitrogens with zero attached hydrogens (tertiary/aromatic N) is 4. The first-order valence-electron chi connectivity index (χ1n) is 5.26. The van der Waals surface area contributed by atoms with Crippen molar-refractivity contribution in [1.29, 1.82) is 0 Å². The number of aliphatic carboxylic acids is 1. The zero-order chi connectivity index (χ0) is 13.3. The maximum absolute atomic E-state index is 11.4. The number of carbonyl (C=O) groups is 1. The summed E-state index contributed by atoms with van der Waals surface area (Å²) in [6, 6.07) is 1.73. The summed E-state index contributed by atoms with van der Waals surface area (Å²) < 4.78 is 1.31. The number of tetrazole rings is 1. The van der Waals surface area contributed by atoms with E-state index in [4.69, 9.17) is 11.6 Å². The van der Waals surface area contributed by atoms with Gasteiger partial charge in [0, 0.05) is 0 Å². The fourth-order valence-electron chi connectivity index (χ4n) is 1.51. The highest BCUT2D eigenvalue weighted by molar-refractivity contribution is 7.14. The Balaban J connectivity index is 2.58. The van der Waals surface area contributed by atoms with E-state index in [-0.39, 0.29) is 0 Å². The summed E-state index contributed by atoms with van der Waals surface area (Å²) in [6.07, 6.45) is 0.364. The van der Waals surface area contributed by atoms with Gasteiger partial charge in [0.1, 0.15) is 0 Å². The van der Waals surface area contributed by atoms with Crippen LogP contribution < -0.4 is 0 Å². The average molecular weight is 287 g/mol. The fourth-order valence-corrected chi connectivity index (χ4v) is 2.62. The molecule has 0 fully saturated rings. The Morgan fingerprint density at radius 2 is 2.39 bits per heavy atom. The molecular weight excluding hydrogens is 276 g/mol. The minimum atomic E-state index is -1.19. The van der Waals surface area contributed by atoms with Crippen LogP contribution in [-0.4, -0.2) is 31.3 Å². The second-order valence-corrected chi connectivity index (χ2v) is 5.27. The van der Waals surface area contributed by atoms with Gasteiger partial charge in [0.05, 0.1) is 9.90 Å². The van der Waals surface area contributed by atoms with Crippen LogP contribution in [0.2, 0.25) is 5.02 Å². The molecule has 0 amide bonds. The first-order chi connectivity index (χ1) is 8.50. The zero-order valence-corrected chi connectivity index (χ0v) is 11.4. The van der Waals surface area contributed by atoms with Crippen molar-refractivity contribution in [3.63, 3.8) is 0 Å². The van der Waals surface area contributed by atoms with E-state index in [2.05, 4.69) is 15.5 Å². The Kier molecular flexibility index (Phi) is 3.36. The Morgan fingerprint density at radius 1 is 1.67 bits per heavy atom. The van der Waals surface area contributed by atoms with Crippen molar-refractivity contribution < 1.29 is 9.90 Å². The molecule has 0 spiro atoms. The van der Waals surface area contributed by atoms with Crippen molar-refractivity contribution in [3.05, 3.63) is 16.5 Å². The molecular formula is C10H11ClN4O2S. The van der Waals surface area contributed by atoms with Crippen LogP contribution in [0.4, 0.5) is 0 Å². The lowest BCUT2D eigenvalue weighted by Gasteiger charge is -2.23. The van der Waals surface area contributed by atoms with E-state index < -0.39 is 11.5 Å². The van der Waals surface area contributed by atoms with Gasteiger partial charge in [-0.05, 0) is 35.2 Å². The van der Waals surface area contributed by atoms with Gasteiger partial charge < -0.3 is 5.11 Å². The molecule has 0 saturated carbocycles. The predicted molar refractivity (Wildman–Crippen MR) is 67.7 cm³/mol. The van der Waals surface area contributed by atoms with Crippen LogP contribution in [0.1, 0.15) is 20.3 Å². The van der Waals surface area contributed by atoms with E-state index in [1.807, 2.05) is 0 Å². The summed E-state index contributed by atoms with van der Waals surface area (Å²) in [4.78, 5) is 12.1. The predicted octanol–water partition coefficient (Wildman–Crippen LogP) is 2.26. The Morgan fingerprint density at radius 3 is 2.89 bits per heavy atom. The maximum atomic E-state index is 11.4. The van der Waals surface area contributed by atoms with E-state index in [0.29, 0.717) is 22.1 Å². The lowest BCUT2D eigenvalue weighted by Crippen LogP contribution is -2.39. The SMILES string of the molecule is CCC(C)(C(=O)O)n1nnnc1-c1sccc1Cl. The molecule has 0 aromatic carbocycles. The molecule has 0 bridgehead atoms. The van der Waals surface area contributed by atoms with E-state index in [0.717, 1.165) is 0 Å². The fraction of sp³-hybridized carbons (Fsp3) is 0.400. The van der Waals surface area contributed by atoms with Crippen molar-refractivity contribution in [1.82, 2.24) is 20.2 Å². The quantitative estimate of drug-likeness (QED) is 0.932. The summed E-state index contributed by atoms with van der Waals surface area (Å²) in [6.45, 7) is 3.35. The molecule has 2 heterocycles. The van der Waals surface area contributed by atoms with Crippen LogP contribution in [0, 0.1) is 0 Å². The Labute approximate surface area is 112 Å². The minimum absolute atomic E-state index is 0.364. The number of thiophene rings is 1. The van der Waals surface area contributed by atoms with Gasteiger partial charge in [0.25, 0.3) is 0 Å². The Hall–Kier alpha value is -1.47. The van der Waals surface area contributed by atoms with Crippen LogP contribution >= 0.6 is 22.9 Å². The third-order valence-corrected chi connectivity index (χ3v) is 4.24. The van der Waals surface area contributed by atoms with Crippen LogP contribution in [-0.2, 0) is 10.3 Å². The molecule has 8 heteroatoms. The normalized spacial score (nSPS) is 14.4. The van der Waals surface area contributed by atoms with Crippen molar-refractivity contribution in [2.24, 2.45) is 0 Å². The molecule has 2 aromatic rings. The largest absolute Gasteiger partial charge is 0.479 e. The Bertz CT molecular complexity index is 582. The van der Waals surface area contributed by atoms with Crippen molar-refractivity contribution in [3.8, 4) is 10.7 Å². The monoisotopic (exact) mass is 286 g/mol. The van der Waals surface area contributed by atoms with Gasteiger partial charge in [0.2, 0.25) is 0 Å². The van der Waals surface area contributed by atoms with Gasteiger partial charge in [-0.15, -0.1) is 16.4 Å². The smallest absolute Gasteiger partial charge is 0.331 e. The molecule has 1 atom stereocenters. The first kappa shape index (κ1) is 13.0. The summed E-state index contributed by atoms with van der Waals surface area (Å²) in [5, 5.41) is 22.9. The first-order valence-corrected chi connectivity index (χ1v) is 6.52. The topological polar surface area (TPSA) is 80.9 Å². The number of hydrogen-bond donors (Lipinski definition) is 1. The maximum Gasteiger partial charge on any atom is 0.331 e. The molecule has 0 aliphatic carbocycles. The lowest BCUT2D eigenvalue weighted by atomic mass is 9.99. The van der Waals surface area contributed by atoms with Gasteiger partial charge >= 0.3 is 5.97 Å². The molecule has 1 unspecified atom stereocenters. The van der Waals surface area contributed by atoms with Gasteiger partial charge in [0.15, 0.2) is 11.4 Å². The molecule has 6 nitrogen and oxygen atoms in total. The molecule has 0 radical (unpaired) electrons. The standard InChI is InChI=1S/C10H11ClN4O2S/c1-3-10(2,9(16)17)15-8(12-13-14-15)7-6(11)4-5-18-7/h4-5H,3H2,1-2H3,(H,16,17). The number of carboxylic acids is 1. The van der Waals surface area contributed by atoms with Gasteiger partial charge in [-0.2, -0.15) is 0 Å². The van der Waals surface area contributed by atoms with Crippen LogP contribution in [0.5, 0.6) is 0 Å². The van der Waals surface area contributed by atoms with E-state index in [1.165, 1.54) is 16.0 Å². The number of halogens is 1. The molecule has 0 aliphatic rings. The third-order valence-electron chi connectivity index (χ3n) is 2.91. The van der Waals surface area contributed by atoms with Crippen molar-refractivity contribution >= 4 is 28.9 Å². The number of hydrogen-bond acceptors (Lipinski definition) is 5. The van der Waals surface area contributed by atoms with Crippen molar-refractivity contribution in [2.45, 2.75) is 25.8 Å². The summed E-state index contributed by atoms with van der Waals surface area (Å²) in [5.41, 5.74) is -1.19. The summed E-state index contributed by atoms with van der Waals surface area (Å²) in [5.74, 6) is -0.604. The highest BCUT2D eigenvalue weighted by atomic mass is 35.5. The van der Waals surface area contributed by atoms with Crippen LogP contribution in [0.25, 0.3) is 10.7 Å². The van der Waals surface area contributed by atoms with Gasteiger partial charge in [-0.1, -0.05) is 18.5 Å². The van der Waals surface area contributed by atoms with E-state index in [9.17, 15) is 9.90 Å². The molecule has 18 heavy (non-hydrogen) atoms. The number of rotatable bonds is 4. The molecule has 96 valence electrons. The van der Waals surface area contributed by atoms with Crippen LogP contribution in [0.3, 0.4) is 0 Å². The van der Waals surface area contributed by atoms with Gasteiger partial charge in [-0.25, -0.2) is 9.48 Å². The molecule has 0 saturated heterocycles. The zero-order valence-electron chi connectivity index (χ0n) is 9.79. The molecule has 1 N–H and O–H groups in total. The van der Waals surface area contributed by atoms with Crippen molar-refractivity contribution in [2.75, 3.05) is 0 Å². The minimum Gasteiger partial charge on any atom is -0.479 e.